The lowest BCUT2D eigenvalue weighted by atomic mass is 10.0. The number of benzene rings is 1. The highest BCUT2D eigenvalue weighted by molar-refractivity contribution is 9.10. The zero-order valence-corrected chi connectivity index (χ0v) is 18.6. The van der Waals surface area contributed by atoms with Crippen LogP contribution in [0.3, 0.4) is 0 Å². The zero-order chi connectivity index (χ0) is 20.0. The zero-order valence-electron chi connectivity index (χ0n) is 16.2. The van der Waals surface area contributed by atoms with Crippen molar-refractivity contribution < 1.29 is 13.2 Å². The maximum atomic E-state index is 12.6. The number of halogens is 1. The van der Waals surface area contributed by atoms with Crippen LogP contribution < -0.4 is 10.0 Å². The summed E-state index contributed by atoms with van der Waals surface area (Å²) in [4.78, 5) is 15.1. The molecule has 1 aromatic carbocycles. The number of rotatable bonds is 8. The second-order valence-electron chi connectivity index (χ2n) is 7.47. The minimum absolute atomic E-state index is 0.145. The van der Waals surface area contributed by atoms with Gasteiger partial charge in [-0.25, -0.2) is 8.42 Å². The minimum atomic E-state index is -3.76. The second kappa shape index (κ2) is 10.0. The van der Waals surface area contributed by atoms with Crippen LogP contribution in [-0.2, 0) is 14.8 Å². The predicted octanol–water partition coefficient (Wildman–Crippen LogP) is 2.74. The van der Waals surface area contributed by atoms with E-state index in [0.717, 1.165) is 17.6 Å². The average molecular weight is 460 g/mol. The number of carbonyl (C=O) groups is 1. The van der Waals surface area contributed by atoms with E-state index in [9.17, 15) is 13.2 Å². The van der Waals surface area contributed by atoms with E-state index in [2.05, 4.69) is 37.8 Å². The quantitative estimate of drug-likeness (QED) is 0.626. The molecule has 1 heterocycles. The van der Waals surface area contributed by atoms with E-state index in [1.807, 2.05) is 13.8 Å². The van der Waals surface area contributed by atoms with Gasteiger partial charge < -0.3 is 5.32 Å². The summed E-state index contributed by atoms with van der Waals surface area (Å²) in [7, 11) is -3.76. The average Bonchev–Trinajstić information content (AvgIpc) is 2.61. The number of carbonyl (C=O) groups excluding carboxylic acids is 1. The molecular weight excluding hydrogens is 430 g/mol. The van der Waals surface area contributed by atoms with E-state index in [0.29, 0.717) is 12.6 Å². The highest BCUT2D eigenvalue weighted by Crippen LogP contribution is 2.17. The van der Waals surface area contributed by atoms with Crippen LogP contribution in [0.5, 0.6) is 0 Å². The molecule has 1 fully saturated rings. The summed E-state index contributed by atoms with van der Waals surface area (Å²) in [6.45, 7) is 8.25. The van der Waals surface area contributed by atoms with Crippen molar-refractivity contribution >= 4 is 31.9 Å². The fourth-order valence-electron chi connectivity index (χ4n) is 3.26. The van der Waals surface area contributed by atoms with Crippen LogP contribution in [0.2, 0.25) is 0 Å². The normalized spacial score (nSPS) is 19.8. The first-order valence-electron chi connectivity index (χ1n) is 9.50. The summed E-state index contributed by atoms with van der Waals surface area (Å²) in [6, 6.07) is 6.08. The van der Waals surface area contributed by atoms with Gasteiger partial charge in [0, 0.05) is 23.6 Å². The lowest BCUT2D eigenvalue weighted by Crippen LogP contribution is -2.51. The van der Waals surface area contributed by atoms with Crippen LogP contribution in [0.25, 0.3) is 0 Å². The molecule has 0 radical (unpaired) electrons. The van der Waals surface area contributed by atoms with Crippen LogP contribution in [0.1, 0.15) is 40.0 Å². The maximum absolute atomic E-state index is 12.6. The molecule has 1 amide bonds. The van der Waals surface area contributed by atoms with E-state index >= 15 is 0 Å². The summed E-state index contributed by atoms with van der Waals surface area (Å²) in [6.07, 6.45) is 3.65. The Balaban J connectivity index is 1.95. The van der Waals surface area contributed by atoms with Crippen LogP contribution in [0, 0.1) is 5.92 Å². The van der Waals surface area contributed by atoms with Gasteiger partial charge in [0.1, 0.15) is 6.04 Å². The van der Waals surface area contributed by atoms with Crippen molar-refractivity contribution in [2.45, 2.75) is 57.0 Å². The maximum Gasteiger partial charge on any atom is 0.241 e. The van der Waals surface area contributed by atoms with E-state index < -0.39 is 16.1 Å². The minimum Gasteiger partial charge on any atom is -0.353 e. The Morgan fingerprint density at radius 3 is 2.52 bits per heavy atom. The number of amides is 1. The van der Waals surface area contributed by atoms with E-state index in [-0.39, 0.29) is 16.7 Å². The second-order valence-corrected chi connectivity index (χ2v) is 10.1. The van der Waals surface area contributed by atoms with Gasteiger partial charge in [-0.3, -0.25) is 9.69 Å². The Bertz CT molecular complexity index is 722. The summed E-state index contributed by atoms with van der Waals surface area (Å²) in [5, 5.41) is 2.90. The molecule has 6 nitrogen and oxygen atoms in total. The van der Waals surface area contributed by atoms with E-state index in [1.54, 1.807) is 12.1 Å². The Kier molecular flexibility index (Phi) is 8.27. The molecule has 2 rings (SSSR count). The Morgan fingerprint density at radius 2 is 1.93 bits per heavy atom. The van der Waals surface area contributed by atoms with Gasteiger partial charge >= 0.3 is 0 Å². The summed E-state index contributed by atoms with van der Waals surface area (Å²) in [5.41, 5.74) is 0. The van der Waals surface area contributed by atoms with Gasteiger partial charge in [0.2, 0.25) is 15.9 Å². The van der Waals surface area contributed by atoms with Gasteiger partial charge in [-0.1, -0.05) is 36.2 Å². The van der Waals surface area contributed by atoms with Crippen molar-refractivity contribution in [3.05, 3.63) is 28.7 Å². The smallest absolute Gasteiger partial charge is 0.241 e. The molecule has 2 N–H and O–H groups in total. The molecule has 8 heteroatoms. The SMILES string of the molecule is CC(C)[C@H](NS(=O)(=O)c1ccc(Br)cc1)C(=O)NCCN1CCCC[C@@H]1C. The molecule has 2 atom stereocenters. The summed E-state index contributed by atoms with van der Waals surface area (Å²) in [5.74, 6) is -0.445. The highest BCUT2D eigenvalue weighted by atomic mass is 79.9. The number of likely N-dealkylation sites (tertiary alicyclic amines) is 1. The monoisotopic (exact) mass is 459 g/mol. The van der Waals surface area contributed by atoms with Gasteiger partial charge in [0.15, 0.2) is 0 Å². The first-order valence-corrected chi connectivity index (χ1v) is 11.8. The highest BCUT2D eigenvalue weighted by Gasteiger charge is 2.28. The molecule has 0 saturated carbocycles. The number of sulfonamides is 1. The third kappa shape index (κ3) is 6.55. The van der Waals surface area contributed by atoms with Crippen LogP contribution in [0.15, 0.2) is 33.6 Å². The molecule has 0 aliphatic carbocycles. The molecular formula is C19H30BrN3O3S. The fourth-order valence-corrected chi connectivity index (χ4v) is 4.87. The van der Waals surface area contributed by atoms with Crippen molar-refractivity contribution in [1.29, 1.82) is 0 Å². The first kappa shape index (κ1) is 22.3. The summed E-state index contributed by atoms with van der Waals surface area (Å²) < 4.78 is 28.6. The molecule has 0 bridgehead atoms. The third-order valence-electron chi connectivity index (χ3n) is 4.99. The number of hydrogen-bond acceptors (Lipinski definition) is 4. The first-order chi connectivity index (χ1) is 12.7. The predicted molar refractivity (Wildman–Crippen MR) is 111 cm³/mol. The molecule has 1 aromatic rings. The standard InChI is InChI=1S/C19H30BrN3O3S/c1-14(2)18(22-27(25,26)17-9-7-16(20)8-10-17)19(24)21-11-13-23-12-5-4-6-15(23)3/h7-10,14-15,18,22H,4-6,11-13H2,1-3H3,(H,21,24)/t15-,18-/m0/s1. The van der Waals surface area contributed by atoms with Crippen LogP contribution in [-0.4, -0.2) is 50.9 Å². The number of piperidine rings is 1. The molecule has 1 saturated heterocycles. The van der Waals surface area contributed by atoms with E-state index in [1.165, 1.54) is 31.4 Å². The topological polar surface area (TPSA) is 78.5 Å². The van der Waals surface area contributed by atoms with Crippen molar-refractivity contribution in [3.63, 3.8) is 0 Å². The molecule has 152 valence electrons. The van der Waals surface area contributed by atoms with Gasteiger partial charge in [0.05, 0.1) is 4.90 Å². The Hall–Kier alpha value is -0.960. The lowest BCUT2D eigenvalue weighted by molar-refractivity contribution is -0.123. The van der Waals surface area contributed by atoms with E-state index in [4.69, 9.17) is 0 Å². The molecule has 27 heavy (non-hydrogen) atoms. The molecule has 0 aromatic heterocycles. The van der Waals surface area contributed by atoms with Crippen LogP contribution >= 0.6 is 15.9 Å². The molecule has 0 spiro atoms. The number of hydrogen-bond donors (Lipinski definition) is 2. The van der Waals surface area contributed by atoms with Crippen molar-refractivity contribution in [3.8, 4) is 0 Å². The Labute approximate surface area is 171 Å². The van der Waals surface area contributed by atoms with Crippen molar-refractivity contribution in [2.24, 2.45) is 5.92 Å². The fraction of sp³-hybridized carbons (Fsp3) is 0.632. The Morgan fingerprint density at radius 1 is 1.26 bits per heavy atom. The largest absolute Gasteiger partial charge is 0.353 e. The molecule has 1 aliphatic rings. The molecule has 1 aliphatic heterocycles. The summed E-state index contributed by atoms with van der Waals surface area (Å²) >= 11 is 3.29. The van der Waals surface area contributed by atoms with Crippen molar-refractivity contribution in [1.82, 2.24) is 14.9 Å². The van der Waals surface area contributed by atoms with Gasteiger partial charge in [-0.15, -0.1) is 0 Å². The lowest BCUT2D eigenvalue weighted by Gasteiger charge is -2.33. The van der Waals surface area contributed by atoms with Crippen LogP contribution in [0.4, 0.5) is 0 Å². The van der Waals surface area contributed by atoms with Crippen molar-refractivity contribution in [2.75, 3.05) is 19.6 Å². The number of nitrogens with one attached hydrogen (secondary N) is 2. The van der Waals surface area contributed by atoms with Gasteiger partial charge in [-0.2, -0.15) is 4.72 Å². The molecule has 0 unspecified atom stereocenters. The van der Waals surface area contributed by atoms with Gasteiger partial charge in [0.25, 0.3) is 0 Å². The third-order valence-corrected chi connectivity index (χ3v) is 6.98. The van der Waals surface area contributed by atoms with Gasteiger partial charge in [-0.05, 0) is 56.5 Å². The number of nitrogens with zero attached hydrogens (tertiary/aromatic N) is 1.